The molecule has 148 valence electrons. The van der Waals surface area contributed by atoms with E-state index in [1.54, 1.807) is 12.1 Å². The average molecular weight is 471 g/mol. The number of aliphatic hydroxyl groups is 1. The lowest BCUT2D eigenvalue weighted by Gasteiger charge is -2.27. The van der Waals surface area contributed by atoms with Gasteiger partial charge in [-0.25, -0.2) is 17.8 Å². The monoisotopic (exact) mass is 470 g/mol. The second kappa shape index (κ2) is 7.73. The molecular formula is C17H16BrFN4O4S. The van der Waals surface area contributed by atoms with E-state index in [0.717, 1.165) is 10.4 Å². The van der Waals surface area contributed by atoms with Crippen molar-refractivity contribution in [1.82, 2.24) is 9.29 Å². The Bertz CT molecular complexity index is 1030. The van der Waals surface area contributed by atoms with Crippen LogP contribution < -0.4 is 10.5 Å². The molecule has 2 aromatic rings. The summed E-state index contributed by atoms with van der Waals surface area (Å²) in [5.74, 6) is -0.729. The summed E-state index contributed by atoms with van der Waals surface area (Å²) in [6.07, 6.45) is 0.320. The van der Waals surface area contributed by atoms with Crippen LogP contribution >= 0.6 is 15.9 Å². The van der Waals surface area contributed by atoms with Gasteiger partial charge in [-0.2, -0.15) is 9.57 Å². The predicted octanol–water partition coefficient (Wildman–Crippen LogP) is 0.997. The smallest absolute Gasteiger partial charge is 0.260 e. The maximum atomic E-state index is 13.8. The summed E-state index contributed by atoms with van der Waals surface area (Å²) in [7, 11) is -3.99. The van der Waals surface area contributed by atoms with Gasteiger partial charge in [0.05, 0.1) is 12.1 Å². The van der Waals surface area contributed by atoms with Crippen molar-refractivity contribution in [1.29, 1.82) is 5.26 Å². The van der Waals surface area contributed by atoms with E-state index < -0.39 is 27.5 Å². The predicted molar refractivity (Wildman–Crippen MR) is 100 cm³/mol. The second-order valence-corrected chi connectivity index (χ2v) is 9.08. The summed E-state index contributed by atoms with van der Waals surface area (Å²) < 4.78 is 46.7. The van der Waals surface area contributed by atoms with E-state index in [1.165, 1.54) is 24.4 Å². The van der Waals surface area contributed by atoms with E-state index in [0.29, 0.717) is 4.47 Å². The zero-order valence-electron chi connectivity index (χ0n) is 14.4. The van der Waals surface area contributed by atoms with Gasteiger partial charge < -0.3 is 15.6 Å². The van der Waals surface area contributed by atoms with Gasteiger partial charge in [0.2, 0.25) is 0 Å². The van der Waals surface area contributed by atoms with Crippen LogP contribution in [0.3, 0.4) is 0 Å². The third-order valence-electron chi connectivity index (χ3n) is 4.42. The Balaban J connectivity index is 1.86. The summed E-state index contributed by atoms with van der Waals surface area (Å²) in [6.45, 7) is -0.765. The molecule has 2 atom stereocenters. The quantitative estimate of drug-likeness (QED) is 0.666. The summed E-state index contributed by atoms with van der Waals surface area (Å²) in [5, 5.41) is 19.4. The Morgan fingerprint density at radius 1 is 1.46 bits per heavy atom. The number of β-amino-alcohol motifs (C(OH)–C–C–N with tert-alkyl or cyclic N) is 1. The summed E-state index contributed by atoms with van der Waals surface area (Å²) >= 11 is 3.19. The van der Waals surface area contributed by atoms with Crippen LogP contribution in [0.15, 0.2) is 46.0 Å². The van der Waals surface area contributed by atoms with Crippen molar-refractivity contribution in [3.63, 3.8) is 0 Å². The molecule has 28 heavy (non-hydrogen) atoms. The molecule has 0 spiro atoms. The number of sulfonamides is 1. The minimum atomic E-state index is -3.99. The Labute approximate surface area is 169 Å². The molecule has 1 aromatic carbocycles. The lowest BCUT2D eigenvalue weighted by atomic mass is 10.0. The molecule has 0 radical (unpaired) electrons. The van der Waals surface area contributed by atoms with Gasteiger partial charge in [-0.05, 0) is 40.2 Å². The number of nitrogens with zero attached hydrogens (tertiary/aromatic N) is 3. The molecule has 3 N–H and O–H groups in total. The molecule has 1 fully saturated rings. The van der Waals surface area contributed by atoms with E-state index in [2.05, 4.69) is 20.9 Å². The Kier molecular flexibility index (Phi) is 5.69. The van der Waals surface area contributed by atoms with Crippen molar-refractivity contribution >= 4 is 26.0 Å². The number of ether oxygens (including phenoxy) is 1. The SMILES string of the molecule is N#Cc1ccc(OC2CN(S(=O)(=O)c3ccc(Br)cn3)C[C@@]2(O)CN)cc1F. The molecular weight excluding hydrogens is 455 g/mol. The van der Waals surface area contributed by atoms with E-state index in [-0.39, 0.29) is 36.0 Å². The fourth-order valence-corrected chi connectivity index (χ4v) is 4.47. The number of pyridine rings is 1. The normalized spacial score (nSPS) is 22.8. The molecule has 1 aliphatic heterocycles. The van der Waals surface area contributed by atoms with Crippen LogP contribution in [0.4, 0.5) is 4.39 Å². The van der Waals surface area contributed by atoms with Crippen molar-refractivity contribution in [2.45, 2.75) is 16.7 Å². The highest BCUT2D eigenvalue weighted by Gasteiger charge is 2.50. The first-order valence-electron chi connectivity index (χ1n) is 8.10. The van der Waals surface area contributed by atoms with Gasteiger partial charge in [-0.15, -0.1) is 0 Å². The minimum absolute atomic E-state index is 0.0504. The third-order valence-corrected chi connectivity index (χ3v) is 6.61. The minimum Gasteiger partial charge on any atom is -0.486 e. The molecule has 8 nitrogen and oxygen atoms in total. The molecule has 3 rings (SSSR count). The molecule has 1 aromatic heterocycles. The van der Waals surface area contributed by atoms with Crippen LogP contribution in [-0.4, -0.2) is 54.2 Å². The summed E-state index contributed by atoms with van der Waals surface area (Å²) in [6, 6.07) is 8.18. The van der Waals surface area contributed by atoms with Crippen molar-refractivity contribution in [3.05, 3.63) is 52.4 Å². The Morgan fingerprint density at radius 3 is 2.79 bits per heavy atom. The molecule has 0 amide bonds. The van der Waals surface area contributed by atoms with Crippen molar-refractivity contribution in [2.75, 3.05) is 19.6 Å². The fourth-order valence-electron chi connectivity index (χ4n) is 2.82. The average Bonchev–Trinajstić information content (AvgIpc) is 3.00. The van der Waals surface area contributed by atoms with Gasteiger partial charge in [0.25, 0.3) is 10.0 Å². The topological polar surface area (TPSA) is 130 Å². The number of halogens is 2. The van der Waals surface area contributed by atoms with Gasteiger partial charge >= 0.3 is 0 Å². The lowest BCUT2D eigenvalue weighted by Crippen LogP contribution is -2.50. The first-order valence-corrected chi connectivity index (χ1v) is 10.3. The maximum Gasteiger partial charge on any atom is 0.260 e. The molecule has 1 aliphatic rings. The van der Waals surface area contributed by atoms with Crippen LogP contribution in [0.25, 0.3) is 0 Å². The van der Waals surface area contributed by atoms with Gasteiger partial charge in [-0.1, -0.05) is 0 Å². The highest BCUT2D eigenvalue weighted by Crippen LogP contribution is 2.30. The molecule has 1 saturated heterocycles. The number of aromatic nitrogens is 1. The number of hydrogen-bond donors (Lipinski definition) is 2. The molecule has 0 saturated carbocycles. The van der Waals surface area contributed by atoms with E-state index in [9.17, 15) is 17.9 Å². The van der Waals surface area contributed by atoms with E-state index in [4.69, 9.17) is 15.7 Å². The number of nitriles is 1. The number of nitrogens with two attached hydrogens (primary N) is 1. The Hall–Kier alpha value is -2.10. The number of rotatable bonds is 5. The van der Waals surface area contributed by atoms with Crippen LogP contribution in [0.1, 0.15) is 5.56 Å². The zero-order valence-corrected chi connectivity index (χ0v) is 16.8. The van der Waals surface area contributed by atoms with Crippen LogP contribution in [0.2, 0.25) is 0 Å². The third kappa shape index (κ3) is 3.87. The van der Waals surface area contributed by atoms with Gasteiger partial charge in [-0.3, -0.25) is 0 Å². The molecule has 1 unspecified atom stereocenters. The van der Waals surface area contributed by atoms with Crippen LogP contribution in [0, 0.1) is 17.1 Å². The standard InChI is InChI=1S/C17H16BrFN4O4S/c18-12-2-4-16(22-7-12)28(25,26)23-8-15(17(24,9-21)10-23)27-13-3-1-11(6-20)14(19)5-13/h1-5,7,15,24H,8-10,21H2/t15?,17-/m0/s1. The highest BCUT2D eigenvalue weighted by atomic mass is 79.9. The van der Waals surface area contributed by atoms with Crippen LogP contribution in [-0.2, 0) is 10.0 Å². The molecule has 0 bridgehead atoms. The molecule has 0 aliphatic carbocycles. The first kappa shape index (κ1) is 20.6. The highest BCUT2D eigenvalue weighted by molar-refractivity contribution is 9.10. The van der Waals surface area contributed by atoms with E-state index >= 15 is 0 Å². The number of hydrogen-bond acceptors (Lipinski definition) is 7. The van der Waals surface area contributed by atoms with Gasteiger partial charge in [0.1, 0.15) is 29.3 Å². The largest absolute Gasteiger partial charge is 0.486 e. The Morgan fingerprint density at radius 2 is 2.21 bits per heavy atom. The summed E-state index contributed by atoms with van der Waals surface area (Å²) in [4.78, 5) is 3.90. The number of benzene rings is 1. The van der Waals surface area contributed by atoms with Crippen molar-refractivity contribution in [2.24, 2.45) is 5.73 Å². The van der Waals surface area contributed by atoms with Gasteiger partial charge in [0.15, 0.2) is 5.03 Å². The molecule has 11 heteroatoms. The fraction of sp³-hybridized carbons (Fsp3) is 0.294. The van der Waals surface area contributed by atoms with Crippen molar-refractivity contribution < 1.29 is 22.7 Å². The maximum absolute atomic E-state index is 13.8. The van der Waals surface area contributed by atoms with Crippen molar-refractivity contribution in [3.8, 4) is 11.8 Å². The van der Waals surface area contributed by atoms with Crippen LogP contribution in [0.5, 0.6) is 5.75 Å². The molecule has 2 heterocycles. The summed E-state index contributed by atoms with van der Waals surface area (Å²) in [5.41, 5.74) is 3.83. The first-order chi connectivity index (χ1) is 13.2. The lowest BCUT2D eigenvalue weighted by molar-refractivity contribution is -0.0201. The van der Waals surface area contributed by atoms with E-state index in [1.807, 2.05) is 0 Å². The van der Waals surface area contributed by atoms with Gasteiger partial charge in [0, 0.05) is 29.8 Å². The zero-order chi connectivity index (χ0) is 20.5. The second-order valence-electron chi connectivity index (χ2n) is 6.28.